The molecule has 0 spiro atoms. The summed E-state index contributed by atoms with van der Waals surface area (Å²) in [6, 6.07) is 0. The third kappa shape index (κ3) is 61.2. The van der Waals surface area contributed by atoms with Crippen molar-refractivity contribution < 1.29 is 28.6 Å². The number of carbonyl (C=O) groups is 3. The van der Waals surface area contributed by atoms with Gasteiger partial charge in [0.1, 0.15) is 13.2 Å². The van der Waals surface area contributed by atoms with Gasteiger partial charge in [-0.2, -0.15) is 0 Å². The van der Waals surface area contributed by atoms with Gasteiger partial charge in [0.25, 0.3) is 0 Å². The normalized spacial score (nSPS) is 12.7. The zero-order chi connectivity index (χ0) is 55.0. The molecular weight excluding hydrogens is 937 g/mol. The van der Waals surface area contributed by atoms with Crippen LogP contribution in [0.15, 0.2) is 97.2 Å². The second-order valence-electron chi connectivity index (χ2n) is 21.3. The summed E-state index contributed by atoms with van der Waals surface area (Å²) in [6.07, 6.45) is 85.6. The molecule has 0 aromatic rings. The Hall–Kier alpha value is -3.67. The minimum absolute atomic E-state index is 0.0778. The number of hydrogen-bond acceptors (Lipinski definition) is 6. The lowest BCUT2D eigenvalue weighted by Gasteiger charge is -2.18. The fourth-order valence-corrected chi connectivity index (χ4v) is 9.05. The molecule has 0 aromatic carbocycles. The van der Waals surface area contributed by atoms with Gasteiger partial charge >= 0.3 is 17.9 Å². The Balaban J connectivity index is 4.25. The fraction of sp³-hybridized carbons (Fsp3) is 0.729. The Labute approximate surface area is 470 Å². The number of unbranched alkanes of at least 4 members (excludes halogenated alkanes) is 31. The van der Waals surface area contributed by atoms with Crippen LogP contribution in [0.1, 0.15) is 310 Å². The monoisotopic (exact) mass is 1060 g/mol. The average Bonchev–Trinajstić information content (AvgIpc) is 3.42. The zero-order valence-corrected chi connectivity index (χ0v) is 50.0. The third-order valence-corrected chi connectivity index (χ3v) is 13.9. The number of rotatable bonds is 58. The largest absolute Gasteiger partial charge is 0.462 e. The molecule has 1 atom stereocenters. The van der Waals surface area contributed by atoms with E-state index in [1.54, 1.807) is 0 Å². The predicted molar refractivity (Wildman–Crippen MR) is 330 cm³/mol. The topological polar surface area (TPSA) is 78.9 Å². The van der Waals surface area contributed by atoms with Gasteiger partial charge in [-0.25, -0.2) is 0 Å². The van der Waals surface area contributed by atoms with E-state index in [2.05, 4.69) is 118 Å². The van der Waals surface area contributed by atoms with Crippen LogP contribution in [-0.2, 0) is 28.6 Å². The van der Waals surface area contributed by atoms with Crippen molar-refractivity contribution >= 4 is 17.9 Å². The van der Waals surface area contributed by atoms with Crippen LogP contribution in [0.25, 0.3) is 0 Å². The number of carbonyl (C=O) groups excluding carboxylic acids is 3. The molecule has 0 rings (SSSR count). The standard InChI is InChI=1S/C70H120O6/c1-4-7-10-13-16-19-22-24-26-28-29-30-31-32-33-34-35-36-37-38-39-40-41-43-44-46-48-51-54-57-60-63-69(72)75-66-67(65-74-68(71)62-59-56-53-50-21-18-15-12-9-6-3)76-70(73)64-61-58-55-52-49-47-45-42-27-25-23-20-17-14-11-8-5-2/h7,10,16,19,24,26,29-30,32-33,35-36,38-39,41,43,67H,4-6,8-9,11-15,17-18,20-23,25,27-28,31,34,37,40,42,44-66H2,1-3H3/b10-7-,19-16-,26-24-,30-29-,33-32-,36-35-,39-38-,43-41-. The maximum Gasteiger partial charge on any atom is 0.306 e. The third-order valence-electron chi connectivity index (χ3n) is 13.9. The van der Waals surface area contributed by atoms with E-state index in [4.69, 9.17) is 14.2 Å². The summed E-state index contributed by atoms with van der Waals surface area (Å²) in [4.78, 5) is 38.2. The molecule has 0 aliphatic rings. The van der Waals surface area contributed by atoms with E-state index in [0.29, 0.717) is 19.3 Å². The van der Waals surface area contributed by atoms with E-state index in [1.165, 1.54) is 148 Å². The molecule has 1 unspecified atom stereocenters. The molecule has 0 amide bonds. The Bertz CT molecular complexity index is 1490. The van der Waals surface area contributed by atoms with Crippen LogP contribution < -0.4 is 0 Å². The first-order valence-electron chi connectivity index (χ1n) is 32.2. The van der Waals surface area contributed by atoms with Crippen LogP contribution >= 0.6 is 0 Å². The van der Waals surface area contributed by atoms with Crippen LogP contribution in [0.3, 0.4) is 0 Å². The van der Waals surface area contributed by atoms with Crippen LogP contribution in [0.2, 0.25) is 0 Å². The van der Waals surface area contributed by atoms with Gasteiger partial charge in [-0.05, 0) is 83.5 Å². The summed E-state index contributed by atoms with van der Waals surface area (Å²) in [5, 5.41) is 0. The highest BCUT2D eigenvalue weighted by Crippen LogP contribution is 2.17. The van der Waals surface area contributed by atoms with Crippen LogP contribution in [0.5, 0.6) is 0 Å². The summed E-state index contributed by atoms with van der Waals surface area (Å²) < 4.78 is 16.9. The van der Waals surface area contributed by atoms with E-state index in [-0.39, 0.29) is 31.1 Å². The minimum Gasteiger partial charge on any atom is -0.462 e. The first kappa shape index (κ1) is 72.3. The van der Waals surface area contributed by atoms with E-state index in [0.717, 1.165) is 122 Å². The number of ether oxygens (including phenoxy) is 3. The molecule has 0 N–H and O–H groups in total. The number of hydrogen-bond donors (Lipinski definition) is 0. The molecule has 0 aliphatic heterocycles. The minimum atomic E-state index is -0.780. The molecule has 0 saturated heterocycles. The lowest BCUT2D eigenvalue weighted by molar-refractivity contribution is -0.167. The average molecular weight is 1060 g/mol. The molecule has 0 aromatic heterocycles. The highest BCUT2D eigenvalue weighted by molar-refractivity contribution is 5.71. The van der Waals surface area contributed by atoms with Crippen LogP contribution in [-0.4, -0.2) is 37.2 Å². The molecule has 6 heteroatoms. The van der Waals surface area contributed by atoms with Gasteiger partial charge in [0.15, 0.2) is 6.10 Å². The molecule has 0 fully saturated rings. The Morgan fingerprint density at radius 3 is 0.803 bits per heavy atom. The summed E-state index contributed by atoms with van der Waals surface area (Å²) in [6.45, 7) is 6.53. The Morgan fingerprint density at radius 1 is 0.276 bits per heavy atom. The second kappa shape index (κ2) is 63.9. The lowest BCUT2D eigenvalue weighted by Crippen LogP contribution is -2.30. The van der Waals surface area contributed by atoms with Gasteiger partial charge in [0.2, 0.25) is 0 Å². The van der Waals surface area contributed by atoms with Gasteiger partial charge in [-0.3, -0.25) is 14.4 Å². The number of allylic oxidation sites excluding steroid dienone is 16. The molecule has 0 bridgehead atoms. The molecule has 76 heavy (non-hydrogen) atoms. The molecule has 0 heterocycles. The summed E-state index contributed by atoms with van der Waals surface area (Å²) in [7, 11) is 0. The predicted octanol–water partition coefficient (Wildman–Crippen LogP) is 22.0. The van der Waals surface area contributed by atoms with Gasteiger partial charge in [0, 0.05) is 19.3 Å². The molecule has 0 aliphatic carbocycles. The molecule has 436 valence electrons. The van der Waals surface area contributed by atoms with Gasteiger partial charge in [0.05, 0.1) is 0 Å². The summed E-state index contributed by atoms with van der Waals surface area (Å²) in [5.74, 6) is -0.883. The fourth-order valence-electron chi connectivity index (χ4n) is 9.05. The van der Waals surface area contributed by atoms with Crippen molar-refractivity contribution in [3.05, 3.63) is 97.2 Å². The van der Waals surface area contributed by atoms with Crippen molar-refractivity contribution in [1.82, 2.24) is 0 Å². The van der Waals surface area contributed by atoms with Crippen molar-refractivity contribution in [3.8, 4) is 0 Å². The number of esters is 3. The molecule has 0 radical (unpaired) electrons. The first-order valence-corrected chi connectivity index (χ1v) is 32.2. The maximum absolute atomic E-state index is 12.9. The highest BCUT2D eigenvalue weighted by Gasteiger charge is 2.19. The summed E-state index contributed by atoms with van der Waals surface area (Å²) in [5.41, 5.74) is 0. The van der Waals surface area contributed by atoms with Gasteiger partial charge in [-0.15, -0.1) is 0 Å². The smallest absolute Gasteiger partial charge is 0.306 e. The van der Waals surface area contributed by atoms with Crippen LogP contribution in [0.4, 0.5) is 0 Å². The van der Waals surface area contributed by atoms with Crippen molar-refractivity contribution in [1.29, 1.82) is 0 Å². The summed E-state index contributed by atoms with van der Waals surface area (Å²) >= 11 is 0. The molecule has 6 nitrogen and oxygen atoms in total. The highest BCUT2D eigenvalue weighted by atomic mass is 16.6. The van der Waals surface area contributed by atoms with Gasteiger partial charge in [-0.1, -0.05) is 304 Å². The SMILES string of the molecule is CC/C=C\C/C=C\C/C=C\C/C=C\C/C=C\C/C=C\C/C=C\C/C=C\CCCCCCCCC(=O)OCC(COC(=O)CCCCCCCCCCCC)OC(=O)CCCCCCCCCCCCCCCCCCC. The quantitative estimate of drug-likeness (QED) is 0.0261. The lowest BCUT2D eigenvalue weighted by atomic mass is 10.0. The molecule has 0 saturated carbocycles. The van der Waals surface area contributed by atoms with Gasteiger partial charge < -0.3 is 14.2 Å². The van der Waals surface area contributed by atoms with Crippen molar-refractivity contribution in [2.75, 3.05) is 13.2 Å². The molecular formula is C70H120O6. The van der Waals surface area contributed by atoms with Crippen LogP contribution in [0, 0.1) is 0 Å². The second-order valence-corrected chi connectivity index (χ2v) is 21.3. The maximum atomic E-state index is 12.9. The van der Waals surface area contributed by atoms with E-state index >= 15 is 0 Å². The van der Waals surface area contributed by atoms with Crippen molar-refractivity contribution in [2.45, 2.75) is 316 Å². The van der Waals surface area contributed by atoms with E-state index in [9.17, 15) is 14.4 Å². The zero-order valence-electron chi connectivity index (χ0n) is 50.0. The Kier molecular flexibility index (Phi) is 60.8. The van der Waals surface area contributed by atoms with Crippen molar-refractivity contribution in [2.24, 2.45) is 0 Å². The van der Waals surface area contributed by atoms with E-state index in [1.807, 2.05) is 0 Å². The van der Waals surface area contributed by atoms with Crippen molar-refractivity contribution in [3.63, 3.8) is 0 Å². The Morgan fingerprint density at radius 2 is 0.513 bits per heavy atom. The first-order chi connectivity index (χ1) is 37.5. The van der Waals surface area contributed by atoms with E-state index < -0.39 is 6.10 Å².